The average molecular weight is 260 g/mol. The zero-order valence-corrected chi connectivity index (χ0v) is 11.5. The van der Waals surface area contributed by atoms with E-state index in [9.17, 15) is 0 Å². The summed E-state index contributed by atoms with van der Waals surface area (Å²) in [7, 11) is 0. The van der Waals surface area contributed by atoms with Gasteiger partial charge in [0.05, 0.1) is 6.61 Å². The molecule has 0 spiro atoms. The molecule has 2 aliphatic heterocycles. The number of nitrogens with one attached hydrogen (secondary N) is 1. The first-order valence-corrected chi connectivity index (χ1v) is 7.51. The first-order valence-electron chi connectivity index (χ1n) is 7.51. The average Bonchev–Trinajstić information content (AvgIpc) is 2.93. The van der Waals surface area contributed by atoms with Gasteiger partial charge in [0, 0.05) is 18.6 Å². The molecule has 0 radical (unpaired) electrons. The van der Waals surface area contributed by atoms with Crippen molar-refractivity contribution >= 4 is 0 Å². The smallest absolute Gasteiger partial charge is 0.0681 e. The van der Waals surface area contributed by atoms with Crippen LogP contribution in [0.5, 0.6) is 0 Å². The number of benzene rings is 1. The highest BCUT2D eigenvalue weighted by Gasteiger charge is 2.31. The molecule has 2 saturated heterocycles. The van der Waals surface area contributed by atoms with Gasteiger partial charge in [-0.2, -0.15) is 0 Å². The van der Waals surface area contributed by atoms with Crippen molar-refractivity contribution in [3.05, 3.63) is 35.4 Å². The minimum Gasteiger partial charge on any atom is -0.392 e. The lowest BCUT2D eigenvalue weighted by Crippen LogP contribution is -2.45. The van der Waals surface area contributed by atoms with Crippen LogP contribution in [0.3, 0.4) is 0 Å². The van der Waals surface area contributed by atoms with E-state index < -0.39 is 0 Å². The fraction of sp³-hybridized carbons (Fsp3) is 0.625. The first kappa shape index (κ1) is 13.1. The molecule has 2 aliphatic rings. The molecular formula is C16H24N2O. The summed E-state index contributed by atoms with van der Waals surface area (Å²) in [4.78, 5) is 2.66. The summed E-state index contributed by atoms with van der Waals surface area (Å²) in [5, 5.41) is 12.7. The first-order chi connectivity index (χ1) is 9.35. The summed E-state index contributed by atoms with van der Waals surface area (Å²) in [5.74, 6) is 0. The number of aliphatic hydroxyl groups is 1. The third kappa shape index (κ3) is 3.16. The van der Waals surface area contributed by atoms with Gasteiger partial charge in [0.1, 0.15) is 0 Å². The molecule has 104 valence electrons. The fourth-order valence-electron chi connectivity index (χ4n) is 3.43. The van der Waals surface area contributed by atoms with E-state index in [2.05, 4.69) is 22.3 Å². The van der Waals surface area contributed by atoms with Gasteiger partial charge in [-0.1, -0.05) is 24.3 Å². The Labute approximate surface area is 115 Å². The van der Waals surface area contributed by atoms with E-state index in [0.717, 1.165) is 18.2 Å². The monoisotopic (exact) mass is 260 g/mol. The second-order valence-electron chi connectivity index (χ2n) is 5.91. The summed E-state index contributed by atoms with van der Waals surface area (Å²) in [6.07, 6.45) is 5.38. The van der Waals surface area contributed by atoms with Crippen LogP contribution in [-0.4, -0.2) is 35.2 Å². The van der Waals surface area contributed by atoms with E-state index in [1.807, 2.05) is 12.1 Å². The number of hydrogen-bond acceptors (Lipinski definition) is 3. The summed E-state index contributed by atoms with van der Waals surface area (Å²) in [6, 6.07) is 9.76. The molecule has 0 saturated carbocycles. The number of hydrogen-bond donors (Lipinski definition) is 2. The predicted molar refractivity (Wildman–Crippen MR) is 76.8 cm³/mol. The Hall–Kier alpha value is -0.900. The molecule has 3 nitrogen and oxygen atoms in total. The molecule has 2 unspecified atom stereocenters. The molecule has 0 aliphatic carbocycles. The van der Waals surface area contributed by atoms with Crippen LogP contribution in [0.2, 0.25) is 0 Å². The van der Waals surface area contributed by atoms with Crippen LogP contribution < -0.4 is 5.32 Å². The normalized spacial score (nSPS) is 27.4. The minimum absolute atomic E-state index is 0.133. The maximum absolute atomic E-state index is 9.03. The predicted octanol–water partition coefficient (Wildman–Crippen LogP) is 1.90. The Morgan fingerprint density at radius 3 is 2.68 bits per heavy atom. The van der Waals surface area contributed by atoms with Crippen molar-refractivity contribution in [2.75, 3.05) is 13.1 Å². The maximum atomic E-state index is 9.03. The van der Waals surface area contributed by atoms with E-state index in [4.69, 9.17) is 5.11 Å². The SMILES string of the molecule is OCc1ccc(CNC2CCN3CCCC3C2)cc1. The molecule has 3 rings (SSSR count). The molecule has 1 aromatic rings. The van der Waals surface area contributed by atoms with E-state index in [1.165, 1.54) is 44.3 Å². The second kappa shape index (κ2) is 6.04. The molecule has 0 aromatic heterocycles. The van der Waals surface area contributed by atoms with Crippen LogP contribution in [-0.2, 0) is 13.2 Å². The van der Waals surface area contributed by atoms with Crippen molar-refractivity contribution in [2.45, 2.75) is 50.9 Å². The van der Waals surface area contributed by atoms with E-state index in [1.54, 1.807) is 0 Å². The Bertz CT molecular complexity index is 404. The van der Waals surface area contributed by atoms with Crippen molar-refractivity contribution in [1.29, 1.82) is 0 Å². The lowest BCUT2D eigenvalue weighted by Gasteiger charge is -2.35. The zero-order chi connectivity index (χ0) is 13.1. The lowest BCUT2D eigenvalue weighted by atomic mass is 9.97. The number of rotatable bonds is 4. The molecule has 2 atom stereocenters. The molecule has 2 heterocycles. The van der Waals surface area contributed by atoms with Crippen molar-refractivity contribution in [3.8, 4) is 0 Å². The largest absolute Gasteiger partial charge is 0.392 e. The molecule has 0 amide bonds. The van der Waals surface area contributed by atoms with Gasteiger partial charge in [0.25, 0.3) is 0 Å². The highest BCUT2D eigenvalue weighted by molar-refractivity contribution is 5.21. The van der Waals surface area contributed by atoms with E-state index >= 15 is 0 Å². The zero-order valence-electron chi connectivity index (χ0n) is 11.5. The van der Waals surface area contributed by atoms with Crippen LogP contribution in [0.4, 0.5) is 0 Å². The van der Waals surface area contributed by atoms with Gasteiger partial charge >= 0.3 is 0 Å². The van der Waals surface area contributed by atoms with Gasteiger partial charge in [0.15, 0.2) is 0 Å². The molecule has 2 fully saturated rings. The van der Waals surface area contributed by atoms with Crippen molar-refractivity contribution in [1.82, 2.24) is 10.2 Å². The maximum Gasteiger partial charge on any atom is 0.0681 e. The molecule has 2 N–H and O–H groups in total. The van der Waals surface area contributed by atoms with Gasteiger partial charge in [-0.15, -0.1) is 0 Å². The van der Waals surface area contributed by atoms with Crippen molar-refractivity contribution < 1.29 is 5.11 Å². The Kier molecular flexibility index (Phi) is 4.16. The van der Waals surface area contributed by atoms with Gasteiger partial charge in [-0.3, -0.25) is 0 Å². The summed E-state index contributed by atoms with van der Waals surface area (Å²) in [5.41, 5.74) is 2.30. The van der Waals surface area contributed by atoms with Crippen LogP contribution in [0.25, 0.3) is 0 Å². The molecule has 1 aromatic carbocycles. The van der Waals surface area contributed by atoms with Gasteiger partial charge < -0.3 is 15.3 Å². The van der Waals surface area contributed by atoms with Crippen LogP contribution in [0.15, 0.2) is 24.3 Å². The minimum atomic E-state index is 0.133. The quantitative estimate of drug-likeness (QED) is 0.868. The number of fused-ring (bicyclic) bond motifs is 1. The van der Waals surface area contributed by atoms with E-state index in [-0.39, 0.29) is 6.61 Å². The standard InChI is InChI=1S/C16H24N2O/c19-12-14-5-3-13(4-6-14)11-17-15-7-9-18-8-1-2-16(18)10-15/h3-6,15-17,19H,1-2,7-12H2. The van der Waals surface area contributed by atoms with Crippen LogP contribution in [0.1, 0.15) is 36.8 Å². The summed E-state index contributed by atoms with van der Waals surface area (Å²) < 4.78 is 0. The second-order valence-corrected chi connectivity index (χ2v) is 5.91. The van der Waals surface area contributed by atoms with Crippen molar-refractivity contribution in [3.63, 3.8) is 0 Å². The Morgan fingerprint density at radius 2 is 1.89 bits per heavy atom. The van der Waals surface area contributed by atoms with E-state index in [0.29, 0.717) is 6.04 Å². The van der Waals surface area contributed by atoms with Gasteiger partial charge in [0.2, 0.25) is 0 Å². The number of nitrogens with zero attached hydrogens (tertiary/aromatic N) is 1. The molecular weight excluding hydrogens is 236 g/mol. The van der Waals surface area contributed by atoms with Gasteiger partial charge in [-0.05, 0) is 49.9 Å². The van der Waals surface area contributed by atoms with Crippen molar-refractivity contribution in [2.24, 2.45) is 0 Å². The highest BCUT2D eigenvalue weighted by Crippen LogP contribution is 2.26. The van der Waals surface area contributed by atoms with Crippen LogP contribution in [0, 0.1) is 0 Å². The Morgan fingerprint density at radius 1 is 1.11 bits per heavy atom. The number of piperidine rings is 1. The fourth-order valence-corrected chi connectivity index (χ4v) is 3.43. The third-order valence-electron chi connectivity index (χ3n) is 4.62. The van der Waals surface area contributed by atoms with Crippen LogP contribution >= 0.6 is 0 Å². The topological polar surface area (TPSA) is 35.5 Å². The summed E-state index contributed by atoms with van der Waals surface area (Å²) >= 11 is 0. The lowest BCUT2D eigenvalue weighted by molar-refractivity contribution is 0.166. The highest BCUT2D eigenvalue weighted by atomic mass is 16.3. The van der Waals surface area contributed by atoms with Gasteiger partial charge in [-0.25, -0.2) is 0 Å². The third-order valence-corrected chi connectivity index (χ3v) is 4.62. The molecule has 19 heavy (non-hydrogen) atoms. The molecule has 3 heteroatoms. The molecule has 0 bridgehead atoms. The summed E-state index contributed by atoms with van der Waals surface area (Å²) in [6.45, 7) is 3.67. The number of aliphatic hydroxyl groups excluding tert-OH is 1. The Balaban J connectivity index is 1.49.